The summed E-state index contributed by atoms with van der Waals surface area (Å²) in [5, 5.41) is 3.31. The van der Waals surface area contributed by atoms with Gasteiger partial charge in [-0.05, 0) is 39.9 Å². The van der Waals surface area contributed by atoms with E-state index < -0.39 is 0 Å². The summed E-state index contributed by atoms with van der Waals surface area (Å²) in [6.07, 6.45) is 4.98. The number of nitrogens with zero attached hydrogens (tertiary/aromatic N) is 2. The number of hydrogen-bond acceptors (Lipinski definition) is 4. The Morgan fingerprint density at radius 3 is 2.69 bits per heavy atom. The molecule has 1 aromatic rings. The molecule has 0 saturated heterocycles. The van der Waals surface area contributed by atoms with Gasteiger partial charge in [0.05, 0.1) is 10.7 Å². The lowest BCUT2D eigenvalue weighted by Gasteiger charge is -2.14. The molecule has 0 unspecified atom stereocenters. The van der Waals surface area contributed by atoms with Crippen LogP contribution in [0.15, 0.2) is 5.38 Å². The van der Waals surface area contributed by atoms with Crippen LogP contribution in [0.3, 0.4) is 0 Å². The Morgan fingerprint density at radius 2 is 2.06 bits per heavy atom. The molecule has 2 N–H and O–H groups in total. The van der Waals surface area contributed by atoms with E-state index in [0.717, 1.165) is 31.1 Å². The molecule has 16 heavy (non-hydrogen) atoms. The summed E-state index contributed by atoms with van der Waals surface area (Å²) in [7, 11) is 2.16. The molecule has 1 aromatic heterocycles. The highest BCUT2D eigenvalue weighted by molar-refractivity contribution is 7.09. The minimum atomic E-state index is 0.827. The molecule has 0 atom stereocenters. The van der Waals surface area contributed by atoms with E-state index in [9.17, 15) is 0 Å². The molecule has 4 heteroatoms. The second-order valence-electron chi connectivity index (χ2n) is 4.30. The van der Waals surface area contributed by atoms with E-state index >= 15 is 0 Å². The fraction of sp³-hybridized carbons (Fsp3) is 0.750. The maximum Gasteiger partial charge on any atom is 0.0897 e. The number of unbranched alkanes of at least 4 members (excludes halogenated alkanes) is 3. The van der Waals surface area contributed by atoms with E-state index in [1.807, 2.05) is 0 Å². The molecule has 1 rings (SSSR count). The molecule has 0 fully saturated rings. The summed E-state index contributed by atoms with van der Waals surface area (Å²) in [6.45, 7) is 5.01. The summed E-state index contributed by atoms with van der Waals surface area (Å²) in [5.41, 5.74) is 6.66. The third-order valence-corrected chi connectivity index (χ3v) is 3.41. The van der Waals surface area contributed by atoms with Crippen LogP contribution in [0, 0.1) is 6.92 Å². The second kappa shape index (κ2) is 7.76. The van der Waals surface area contributed by atoms with Crippen LogP contribution >= 0.6 is 11.3 Å². The molecule has 3 nitrogen and oxygen atoms in total. The van der Waals surface area contributed by atoms with Crippen LogP contribution in [0.1, 0.15) is 36.4 Å². The lowest BCUT2D eigenvalue weighted by atomic mass is 10.2. The third kappa shape index (κ3) is 5.58. The third-order valence-electron chi connectivity index (χ3n) is 2.59. The maximum absolute atomic E-state index is 5.46. The summed E-state index contributed by atoms with van der Waals surface area (Å²) in [6, 6.07) is 0. The normalized spacial score (nSPS) is 11.2. The van der Waals surface area contributed by atoms with Gasteiger partial charge in [0, 0.05) is 11.9 Å². The molecule has 0 bridgehead atoms. The molecule has 0 aliphatic rings. The average Bonchev–Trinajstić information content (AvgIpc) is 2.63. The van der Waals surface area contributed by atoms with Crippen molar-refractivity contribution in [3.05, 3.63) is 16.1 Å². The summed E-state index contributed by atoms with van der Waals surface area (Å²) in [4.78, 5) is 6.81. The van der Waals surface area contributed by atoms with E-state index in [-0.39, 0.29) is 0 Å². The van der Waals surface area contributed by atoms with Gasteiger partial charge in [0.15, 0.2) is 0 Å². The number of rotatable bonds is 8. The summed E-state index contributed by atoms with van der Waals surface area (Å²) >= 11 is 1.73. The van der Waals surface area contributed by atoms with Gasteiger partial charge in [-0.25, -0.2) is 4.98 Å². The molecule has 0 saturated carbocycles. The predicted octanol–water partition coefficient (Wildman–Crippen LogP) is 2.40. The van der Waals surface area contributed by atoms with Gasteiger partial charge >= 0.3 is 0 Å². The van der Waals surface area contributed by atoms with Crippen LogP contribution in [-0.4, -0.2) is 30.0 Å². The quantitative estimate of drug-likeness (QED) is 0.711. The van der Waals surface area contributed by atoms with Crippen molar-refractivity contribution in [2.24, 2.45) is 5.73 Å². The molecular weight excluding hydrogens is 218 g/mol. The van der Waals surface area contributed by atoms with Crippen molar-refractivity contribution in [2.45, 2.75) is 39.2 Å². The highest BCUT2D eigenvalue weighted by atomic mass is 32.1. The molecule has 92 valence electrons. The van der Waals surface area contributed by atoms with E-state index in [1.165, 1.54) is 25.0 Å². The first kappa shape index (κ1) is 13.6. The van der Waals surface area contributed by atoms with E-state index in [0.29, 0.717) is 0 Å². The van der Waals surface area contributed by atoms with Crippen LogP contribution in [0.25, 0.3) is 0 Å². The largest absolute Gasteiger partial charge is 0.330 e. The van der Waals surface area contributed by atoms with Gasteiger partial charge in [-0.3, -0.25) is 0 Å². The van der Waals surface area contributed by atoms with Gasteiger partial charge < -0.3 is 10.6 Å². The zero-order chi connectivity index (χ0) is 11.8. The van der Waals surface area contributed by atoms with Crippen LogP contribution in [0.4, 0.5) is 0 Å². The van der Waals surface area contributed by atoms with E-state index in [2.05, 4.69) is 29.2 Å². The molecule has 0 aromatic carbocycles. The Morgan fingerprint density at radius 1 is 1.31 bits per heavy atom. The Labute approximate surface area is 103 Å². The fourth-order valence-corrected chi connectivity index (χ4v) is 2.32. The van der Waals surface area contributed by atoms with Gasteiger partial charge in [-0.15, -0.1) is 11.3 Å². The molecule has 0 amide bonds. The predicted molar refractivity (Wildman–Crippen MR) is 70.7 cm³/mol. The van der Waals surface area contributed by atoms with Gasteiger partial charge in [-0.2, -0.15) is 0 Å². The zero-order valence-corrected chi connectivity index (χ0v) is 11.2. The number of hydrogen-bond donors (Lipinski definition) is 1. The first-order valence-electron chi connectivity index (χ1n) is 6.02. The van der Waals surface area contributed by atoms with Crippen molar-refractivity contribution in [3.8, 4) is 0 Å². The number of aromatic nitrogens is 1. The highest BCUT2D eigenvalue weighted by Crippen LogP contribution is 2.10. The van der Waals surface area contributed by atoms with E-state index in [1.54, 1.807) is 11.3 Å². The second-order valence-corrected chi connectivity index (χ2v) is 5.36. The van der Waals surface area contributed by atoms with Crippen molar-refractivity contribution in [2.75, 3.05) is 20.1 Å². The van der Waals surface area contributed by atoms with Crippen molar-refractivity contribution in [3.63, 3.8) is 0 Å². The van der Waals surface area contributed by atoms with Crippen molar-refractivity contribution < 1.29 is 0 Å². The monoisotopic (exact) mass is 241 g/mol. The van der Waals surface area contributed by atoms with Crippen molar-refractivity contribution in [1.82, 2.24) is 9.88 Å². The zero-order valence-electron chi connectivity index (χ0n) is 10.4. The van der Waals surface area contributed by atoms with Crippen LogP contribution in [0.5, 0.6) is 0 Å². The smallest absolute Gasteiger partial charge is 0.0897 e. The summed E-state index contributed by atoms with van der Waals surface area (Å²) in [5.74, 6) is 0. The lowest BCUT2D eigenvalue weighted by Crippen LogP contribution is -2.19. The van der Waals surface area contributed by atoms with Crippen LogP contribution < -0.4 is 5.73 Å². The molecule has 1 heterocycles. The topological polar surface area (TPSA) is 42.2 Å². The molecule has 0 radical (unpaired) electrons. The summed E-state index contributed by atoms with van der Waals surface area (Å²) < 4.78 is 0. The maximum atomic E-state index is 5.46. The van der Waals surface area contributed by atoms with Crippen LogP contribution in [0.2, 0.25) is 0 Å². The highest BCUT2D eigenvalue weighted by Gasteiger charge is 2.02. The van der Waals surface area contributed by atoms with Gasteiger partial charge in [0.25, 0.3) is 0 Å². The Bertz CT molecular complexity index is 286. The standard InChI is InChI=1S/C12H23N3S/c1-11-14-12(10-16-11)9-15(2)8-6-4-3-5-7-13/h10H,3-9,13H2,1-2H3. The van der Waals surface area contributed by atoms with Gasteiger partial charge in [0.2, 0.25) is 0 Å². The Hall–Kier alpha value is -0.450. The Balaban J connectivity index is 2.09. The van der Waals surface area contributed by atoms with E-state index in [4.69, 9.17) is 5.73 Å². The molecule has 0 aliphatic carbocycles. The average molecular weight is 241 g/mol. The lowest BCUT2D eigenvalue weighted by molar-refractivity contribution is 0.314. The molecular formula is C12H23N3S. The fourth-order valence-electron chi connectivity index (χ4n) is 1.72. The van der Waals surface area contributed by atoms with Crippen molar-refractivity contribution in [1.29, 1.82) is 0 Å². The van der Waals surface area contributed by atoms with Gasteiger partial charge in [0.1, 0.15) is 0 Å². The van der Waals surface area contributed by atoms with Gasteiger partial charge in [-0.1, -0.05) is 12.8 Å². The number of aryl methyl sites for hydroxylation is 1. The number of nitrogens with two attached hydrogens (primary N) is 1. The first-order valence-corrected chi connectivity index (χ1v) is 6.90. The van der Waals surface area contributed by atoms with Crippen LogP contribution in [-0.2, 0) is 6.54 Å². The SMILES string of the molecule is Cc1nc(CN(C)CCCCCCN)cs1. The van der Waals surface area contributed by atoms with Crippen molar-refractivity contribution >= 4 is 11.3 Å². The number of thiazole rings is 1. The Kier molecular flexibility index (Phi) is 6.61. The molecule has 0 aliphatic heterocycles. The first-order chi connectivity index (χ1) is 7.72. The minimum absolute atomic E-state index is 0.827. The minimum Gasteiger partial charge on any atom is -0.330 e. The molecule has 0 spiro atoms.